The van der Waals surface area contributed by atoms with Gasteiger partial charge in [0.15, 0.2) is 11.6 Å². The standard InChI is InChI=1S/C16H21N5O3/c1-11-20-14(10-24-11)16(22)21-3-4-23-9-12(8-21)5-13-6-19-15(17-2)7-18-13/h6-7,10,12H,3-5,8-9H2,1-2H3,(H,17,19)/t12-/m1/s1. The molecule has 8 heteroatoms. The van der Waals surface area contributed by atoms with Crippen molar-refractivity contribution in [2.24, 2.45) is 5.92 Å². The van der Waals surface area contributed by atoms with E-state index in [1.54, 1.807) is 31.3 Å². The third-order valence-corrected chi connectivity index (χ3v) is 3.92. The molecule has 0 aliphatic carbocycles. The third kappa shape index (κ3) is 3.88. The molecule has 24 heavy (non-hydrogen) atoms. The van der Waals surface area contributed by atoms with Gasteiger partial charge in [-0.1, -0.05) is 0 Å². The highest BCUT2D eigenvalue weighted by Gasteiger charge is 2.25. The van der Waals surface area contributed by atoms with Gasteiger partial charge in [0.25, 0.3) is 5.91 Å². The number of amides is 1. The lowest BCUT2D eigenvalue weighted by atomic mass is 10.0. The summed E-state index contributed by atoms with van der Waals surface area (Å²) in [5, 5.41) is 2.94. The van der Waals surface area contributed by atoms with E-state index in [9.17, 15) is 4.79 Å². The fraction of sp³-hybridized carbons (Fsp3) is 0.500. The molecule has 0 saturated carbocycles. The van der Waals surface area contributed by atoms with Crippen LogP contribution in [-0.4, -0.2) is 59.1 Å². The average molecular weight is 331 g/mol. The first kappa shape index (κ1) is 16.4. The first-order valence-corrected chi connectivity index (χ1v) is 7.93. The second kappa shape index (κ2) is 7.39. The predicted molar refractivity (Wildman–Crippen MR) is 86.7 cm³/mol. The maximum absolute atomic E-state index is 12.6. The van der Waals surface area contributed by atoms with Gasteiger partial charge < -0.3 is 19.4 Å². The van der Waals surface area contributed by atoms with Gasteiger partial charge in [0, 0.05) is 33.0 Å². The molecule has 2 aromatic rings. The maximum Gasteiger partial charge on any atom is 0.275 e. The summed E-state index contributed by atoms with van der Waals surface area (Å²) < 4.78 is 10.8. The van der Waals surface area contributed by atoms with E-state index in [-0.39, 0.29) is 11.8 Å². The van der Waals surface area contributed by atoms with E-state index in [4.69, 9.17) is 9.15 Å². The zero-order valence-electron chi connectivity index (χ0n) is 13.9. The Hall–Kier alpha value is -2.48. The van der Waals surface area contributed by atoms with Crippen molar-refractivity contribution in [2.75, 3.05) is 38.7 Å². The largest absolute Gasteiger partial charge is 0.448 e. The zero-order chi connectivity index (χ0) is 16.9. The van der Waals surface area contributed by atoms with E-state index in [0.717, 1.165) is 11.5 Å². The summed E-state index contributed by atoms with van der Waals surface area (Å²) in [5.74, 6) is 1.26. The summed E-state index contributed by atoms with van der Waals surface area (Å²) in [6, 6.07) is 0. The van der Waals surface area contributed by atoms with Crippen molar-refractivity contribution < 1.29 is 13.9 Å². The SMILES string of the molecule is CNc1cnc(C[C@H]2COCCN(C(=O)c3coc(C)n3)C2)cn1. The Labute approximate surface area is 140 Å². The number of anilines is 1. The van der Waals surface area contributed by atoms with Crippen LogP contribution in [0.2, 0.25) is 0 Å². The van der Waals surface area contributed by atoms with Gasteiger partial charge in [-0.15, -0.1) is 0 Å². The van der Waals surface area contributed by atoms with Crippen molar-refractivity contribution in [1.29, 1.82) is 0 Å². The Balaban J connectivity index is 1.66. The zero-order valence-corrected chi connectivity index (χ0v) is 13.9. The lowest BCUT2D eigenvalue weighted by Crippen LogP contribution is -2.36. The van der Waals surface area contributed by atoms with E-state index in [2.05, 4.69) is 20.3 Å². The molecule has 1 fully saturated rings. The van der Waals surface area contributed by atoms with Crippen molar-refractivity contribution in [3.05, 3.63) is 35.9 Å². The lowest BCUT2D eigenvalue weighted by molar-refractivity contribution is 0.0731. The van der Waals surface area contributed by atoms with Crippen LogP contribution < -0.4 is 5.32 Å². The highest BCUT2D eigenvalue weighted by molar-refractivity contribution is 5.92. The minimum absolute atomic E-state index is 0.126. The molecule has 0 radical (unpaired) electrons. The van der Waals surface area contributed by atoms with Crippen molar-refractivity contribution in [3.63, 3.8) is 0 Å². The van der Waals surface area contributed by atoms with Gasteiger partial charge in [0.05, 0.1) is 31.3 Å². The molecule has 3 rings (SSSR count). The van der Waals surface area contributed by atoms with Crippen molar-refractivity contribution >= 4 is 11.7 Å². The second-order valence-electron chi connectivity index (χ2n) is 5.79. The molecule has 0 spiro atoms. The Morgan fingerprint density at radius 2 is 2.29 bits per heavy atom. The molecule has 0 unspecified atom stereocenters. The topological polar surface area (TPSA) is 93.4 Å². The number of oxazole rings is 1. The molecule has 3 heterocycles. The Kier molecular flexibility index (Phi) is 5.05. The fourth-order valence-electron chi connectivity index (χ4n) is 2.70. The van der Waals surface area contributed by atoms with Crippen LogP contribution in [0.25, 0.3) is 0 Å². The molecule has 128 valence electrons. The first-order chi connectivity index (χ1) is 11.7. The molecule has 1 saturated heterocycles. The van der Waals surface area contributed by atoms with Crippen LogP contribution in [0.1, 0.15) is 22.1 Å². The minimum atomic E-state index is -0.126. The van der Waals surface area contributed by atoms with Crippen LogP contribution >= 0.6 is 0 Å². The number of aromatic nitrogens is 3. The van der Waals surface area contributed by atoms with Gasteiger partial charge in [0.1, 0.15) is 12.1 Å². The van der Waals surface area contributed by atoms with Crippen molar-refractivity contribution in [1.82, 2.24) is 19.9 Å². The molecule has 1 N–H and O–H groups in total. The molecular weight excluding hydrogens is 310 g/mol. The number of aryl methyl sites for hydroxylation is 1. The summed E-state index contributed by atoms with van der Waals surface area (Å²) in [6.45, 7) is 3.98. The smallest absolute Gasteiger partial charge is 0.275 e. The van der Waals surface area contributed by atoms with Gasteiger partial charge in [-0.05, 0) is 6.42 Å². The second-order valence-corrected chi connectivity index (χ2v) is 5.79. The number of carbonyl (C=O) groups is 1. The Morgan fingerprint density at radius 3 is 2.96 bits per heavy atom. The molecule has 1 atom stereocenters. The summed E-state index contributed by atoms with van der Waals surface area (Å²) in [4.78, 5) is 27.1. The first-order valence-electron chi connectivity index (χ1n) is 7.93. The number of carbonyl (C=O) groups excluding carboxylic acids is 1. The number of hydrogen-bond acceptors (Lipinski definition) is 7. The Bertz CT molecular complexity index is 685. The summed E-state index contributed by atoms with van der Waals surface area (Å²) >= 11 is 0. The van der Waals surface area contributed by atoms with Crippen molar-refractivity contribution in [3.8, 4) is 0 Å². The van der Waals surface area contributed by atoms with Crippen LogP contribution in [-0.2, 0) is 11.2 Å². The fourth-order valence-corrected chi connectivity index (χ4v) is 2.70. The van der Waals surface area contributed by atoms with Crippen LogP contribution in [0, 0.1) is 12.8 Å². The molecular formula is C16H21N5O3. The highest BCUT2D eigenvalue weighted by Crippen LogP contribution is 2.15. The van der Waals surface area contributed by atoms with E-state index in [1.807, 2.05) is 0 Å². The van der Waals surface area contributed by atoms with Gasteiger partial charge in [-0.3, -0.25) is 9.78 Å². The van der Waals surface area contributed by atoms with Gasteiger partial charge in [0.2, 0.25) is 0 Å². The van der Waals surface area contributed by atoms with E-state index < -0.39 is 0 Å². The lowest BCUT2D eigenvalue weighted by Gasteiger charge is -2.22. The van der Waals surface area contributed by atoms with Crippen LogP contribution in [0.15, 0.2) is 23.1 Å². The van der Waals surface area contributed by atoms with Gasteiger partial charge in [-0.2, -0.15) is 0 Å². The normalized spacial score (nSPS) is 18.2. The quantitative estimate of drug-likeness (QED) is 0.898. The predicted octanol–water partition coefficient (Wildman–Crippen LogP) is 1.15. The summed E-state index contributed by atoms with van der Waals surface area (Å²) in [6.07, 6.45) is 5.57. The number of ether oxygens (including phenoxy) is 1. The summed E-state index contributed by atoms with van der Waals surface area (Å²) in [5.41, 5.74) is 1.22. The maximum atomic E-state index is 12.6. The molecule has 0 aromatic carbocycles. The number of rotatable bonds is 4. The van der Waals surface area contributed by atoms with Crippen LogP contribution in [0.4, 0.5) is 5.82 Å². The number of hydrogen-bond donors (Lipinski definition) is 1. The number of nitrogens with one attached hydrogen (secondary N) is 1. The number of nitrogens with zero attached hydrogens (tertiary/aromatic N) is 4. The van der Waals surface area contributed by atoms with Crippen molar-refractivity contribution in [2.45, 2.75) is 13.3 Å². The van der Waals surface area contributed by atoms with E-state index in [0.29, 0.717) is 44.3 Å². The molecule has 1 aliphatic heterocycles. The van der Waals surface area contributed by atoms with Gasteiger partial charge >= 0.3 is 0 Å². The van der Waals surface area contributed by atoms with E-state index >= 15 is 0 Å². The molecule has 1 amide bonds. The van der Waals surface area contributed by atoms with Crippen LogP contribution in [0.3, 0.4) is 0 Å². The molecule has 8 nitrogen and oxygen atoms in total. The van der Waals surface area contributed by atoms with Gasteiger partial charge in [-0.25, -0.2) is 9.97 Å². The third-order valence-electron chi connectivity index (χ3n) is 3.92. The molecule has 1 aliphatic rings. The monoisotopic (exact) mass is 331 g/mol. The molecule has 0 bridgehead atoms. The van der Waals surface area contributed by atoms with E-state index in [1.165, 1.54) is 6.26 Å². The van der Waals surface area contributed by atoms with Crippen LogP contribution in [0.5, 0.6) is 0 Å². The summed E-state index contributed by atoms with van der Waals surface area (Å²) in [7, 11) is 1.80. The Morgan fingerprint density at radius 1 is 1.42 bits per heavy atom. The minimum Gasteiger partial charge on any atom is -0.448 e. The average Bonchev–Trinajstić information content (AvgIpc) is 2.90. The molecule has 2 aromatic heterocycles. The highest BCUT2D eigenvalue weighted by atomic mass is 16.5.